The number of aromatic amines is 1. The smallest absolute Gasteiger partial charge is 0.246 e. The summed E-state index contributed by atoms with van der Waals surface area (Å²) in [6.45, 7) is 6.28. The monoisotopic (exact) mass is 260 g/mol. The van der Waals surface area contributed by atoms with Gasteiger partial charge < -0.3 is 5.73 Å². The molecule has 0 radical (unpaired) electrons. The van der Waals surface area contributed by atoms with E-state index in [0.717, 1.165) is 6.42 Å². The fraction of sp³-hybridized carbons (Fsp3) is 0.700. The average Bonchev–Trinajstić information content (AvgIpc) is 2.79. The van der Waals surface area contributed by atoms with Crippen LogP contribution in [0.25, 0.3) is 0 Å². The maximum Gasteiger partial charge on any atom is 0.246 e. The van der Waals surface area contributed by atoms with E-state index in [9.17, 15) is 8.42 Å². The molecule has 0 bridgehead atoms. The van der Waals surface area contributed by atoms with Crippen LogP contribution in [0.3, 0.4) is 0 Å². The number of hydrogen-bond donors (Lipinski definition) is 2. The standard InChI is InChI=1S/C10H20N4O2S/c1-4-5-14(10(2,3)8-11)17(15,16)9-6-12-13-7-9/h6-7H,4-5,8,11H2,1-3H3,(H,12,13). The first kappa shape index (κ1) is 14.1. The minimum Gasteiger partial charge on any atom is -0.329 e. The van der Waals surface area contributed by atoms with Gasteiger partial charge in [0.25, 0.3) is 0 Å². The van der Waals surface area contributed by atoms with Crippen LogP contribution in [0, 0.1) is 0 Å². The first-order chi connectivity index (χ1) is 7.86. The topological polar surface area (TPSA) is 92.1 Å². The van der Waals surface area contributed by atoms with E-state index >= 15 is 0 Å². The SMILES string of the molecule is CCCN(C(C)(C)CN)S(=O)(=O)c1cn[nH]c1. The summed E-state index contributed by atoms with van der Waals surface area (Å²) in [7, 11) is -3.53. The number of H-pyrrole nitrogens is 1. The quantitative estimate of drug-likeness (QED) is 0.781. The van der Waals surface area contributed by atoms with Crippen LogP contribution in [-0.2, 0) is 10.0 Å². The lowest BCUT2D eigenvalue weighted by Crippen LogP contribution is -2.52. The van der Waals surface area contributed by atoms with Crippen LogP contribution in [0.5, 0.6) is 0 Å². The van der Waals surface area contributed by atoms with E-state index in [1.165, 1.54) is 16.7 Å². The van der Waals surface area contributed by atoms with Crippen molar-refractivity contribution >= 4 is 10.0 Å². The molecule has 0 aliphatic rings. The fourth-order valence-electron chi connectivity index (χ4n) is 1.56. The molecule has 6 nitrogen and oxygen atoms in total. The van der Waals surface area contributed by atoms with Crippen molar-refractivity contribution < 1.29 is 8.42 Å². The van der Waals surface area contributed by atoms with Gasteiger partial charge in [-0.1, -0.05) is 6.92 Å². The third-order valence-corrected chi connectivity index (χ3v) is 4.74. The molecular formula is C10H20N4O2S. The van der Waals surface area contributed by atoms with E-state index in [0.29, 0.717) is 6.54 Å². The summed E-state index contributed by atoms with van der Waals surface area (Å²) < 4.78 is 26.2. The molecule has 0 saturated heterocycles. The summed E-state index contributed by atoms with van der Waals surface area (Å²) in [5, 5.41) is 6.19. The molecule has 0 aromatic carbocycles. The molecule has 0 atom stereocenters. The molecule has 1 heterocycles. The Morgan fingerprint density at radius 2 is 2.18 bits per heavy atom. The summed E-state index contributed by atoms with van der Waals surface area (Å²) in [5.41, 5.74) is 5.05. The van der Waals surface area contributed by atoms with Crippen molar-refractivity contribution in [1.29, 1.82) is 0 Å². The average molecular weight is 260 g/mol. The zero-order valence-corrected chi connectivity index (χ0v) is 11.3. The Morgan fingerprint density at radius 3 is 2.59 bits per heavy atom. The van der Waals surface area contributed by atoms with Gasteiger partial charge in [0.15, 0.2) is 0 Å². The van der Waals surface area contributed by atoms with Crippen molar-refractivity contribution in [3.8, 4) is 0 Å². The minimum atomic E-state index is -3.53. The molecule has 0 aliphatic carbocycles. The highest BCUT2D eigenvalue weighted by Crippen LogP contribution is 2.23. The predicted molar refractivity (Wildman–Crippen MR) is 65.9 cm³/mol. The minimum absolute atomic E-state index is 0.174. The lowest BCUT2D eigenvalue weighted by atomic mass is 10.1. The van der Waals surface area contributed by atoms with E-state index in [1.54, 1.807) is 0 Å². The second kappa shape index (κ2) is 5.16. The first-order valence-electron chi connectivity index (χ1n) is 5.58. The lowest BCUT2D eigenvalue weighted by molar-refractivity contribution is 0.235. The fourth-order valence-corrected chi connectivity index (χ4v) is 3.35. The second-order valence-electron chi connectivity index (χ2n) is 4.53. The zero-order valence-electron chi connectivity index (χ0n) is 10.5. The molecule has 98 valence electrons. The Morgan fingerprint density at radius 1 is 1.53 bits per heavy atom. The molecule has 17 heavy (non-hydrogen) atoms. The van der Waals surface area contributed by atoms with Crippen molar-refractivity contribution in [3.63, 3.8) is 0 Å². The summed E-state index contributed by atoms with van der Waals surface area (Å²) in [4.78, 5) is 0.174. The molecule has 1 aromatic rings. The van der Waals surface area contributed by atoms with Crippen molar-refractivity contribution in [3.05, 3.63) is 12.4 Å². The van der Waals surface area contributed by atoms with Crippen LogP contribution in [0.2, 0.25) is 0 Å². The van der Waals surface area contributed by atoms with Gasteiger partial charge in [-0.3, -0.25) is 5.10 Å². The van der Waals surface area contributed by atoms with Gasteiger partial charge in [-0.15, -0.1) is 0 Å². The van der Waals surface area contributed by atoms with Crippen LogP contribution < -0.4 is 5.73 Å². The molecule has 0 unspecified atom stereocenters. The number of nitrogens with one attached hydrogen (secondary N) is 1. The van der Waals surface area contributed by atoms with Gasteiger partial charge in [-0.2, -0.15) is 9.40 Å². The zero-order chi connectivity index (χ0) is 13.1. The Bertz CT molecular complexity index is 439. The van der Waals surface area contributed by atoms with Gasteiger partial charge in [-0.05, 0) is 20.3 Å². The van der Waals surface area contributed by atoms with Gasteiger partial charge in [0, 0.05) is 24.8 Å². The van der Waals surface area contributed by atoms with Crippen molar-refractivity contribution in [2.75, 3.05) is 13.1 Å². The Kier molecular flexibility index (Phi) is 4.29. The van der Waals surface area contributed by atoms with Gasteiger partial charge in [-0.25, -0.2) is 8.42 Å². The number of nitrogens with two attached hydrogens (primary N) is 1. The Hall–Kier alpha value is -0.920. The van der Waals surface area contributed by atoms with Crippen molar-refractivity contribution in [2.24, 2.45) is 5.73 Å². The summed E-state index contributed by atoms with van der Waals surface area (Å²) in [6.07, 6.45) is 3.43. The van der Waals surface area contributed by atoms with Crippen LogP contribution >= 0.6 is 0 Å². The van der Waals surface area contributed by atoms with Crippen molar-refractivity contribution in [2.45, 2.75) is 37.6 Å². The van der Waals surface area contributed by atoms with E-state index < -0.39 is 15.6 Å². The Labute approximate surface area is 102 Å². The summed E-state index contributed by atoms with van der Waals surface area (Å²) in [6, 6.07) is 0. The highest BCUT2D eigenvalue weighted by atomic mass is 32.2. The molecule has 1 aromatic heterocycles. The molecule has 3 N–H and O–H groups in total. The van der Waals surface area contributed by atoms with Crippen LogP contribution in [0.1, 0.15) is 27.2 Å². The maximum atomic E-state index is 12.4. The molecule has 0 amide bonds. The molecule has 0 fully saturated rings. The first-order valence-corrected chi connectivity index (χ1v) is 7.02. The number of hydrogen-bond acceptors (Lipinski definition) is 4. The van der Waals surface area contributed by atoms with Crippen LogP contribution in [0.4, 0.5) is 0 Å². The normalized spacial score (nSPS) is 13.2. The third kappa shape index (κ3) is 2.85. The van der Waals surface area contributed by atoms with Crippen molar-refractivity contribution in [1.82, 2.24) is 14.5 Å². The third-order valence-electron chi connectivity index (χ3n) is 2.66. The Balaban J connectivity index is 3.16. The lowest BCUT2D eigenvalue weighted by Gasteiger charge is -2.36. The summed E-state index contributed by atoms with van der Waals surface area (Å²) >= 11 is 0. The maximum absolute atomic E-state index is 12.4. The number of rotatable bonds is 6. The number of aromatic nitrogens is 2. The highest BCUT2D eigenvalue weighted by Gasteiger charge is 2.36. The van der Waals surface area contributed by atoms with E-state index in [2.05, 4.69) is 10.2 Å². The largest absolute Gasteiger partial charge is 0.329 e. The second-order valence-corrected chi connectivity index (χ2v) is 6.39. The van der Waals surface area contributed by atoms with E-state index in [1.807, 2.05) is 20.8 Å². The highest BCUT2D eigenvalue weighted by molar-refractivity contribution is 7.89. The molecular weight excluding hydrogens is 240 g/mol. The number of sulfonamides is 1. The van der Waals surface area contributed by atoms with Crippen LogP contribution in [-0.4, -0.2) is 41.5 Å². The van der Waals surface area contributed by atoms with Gasteiger partial charge >= 0.3 is 0 Å². The molecule has 0 spiro atoms. The predicted octanol–water partition coefficient (Wildman–Crippen LogP) is 0.548. The van der Waals surface area contributed by atoms with Crippen LogP contribution in [0.15, 0.2) is 17.3 Å². The molecule has 0 saturated carbocycles. The molecule has 1 rings (SSSR count). The van der Waals surface area contributed by atoms with E-state index in [-0.39, 0.29) is 11.4 Å². The van der Waals surface area contributed by atoms with E-state index in [4.69, 9.17) is 5.73 Å². The molecule has 7 heteroatoms. The van der Waals surface area contributed by atoms with Gasteiger partial charge in [0.1, 0.15) is 4.90 Å². The number of nitrogens with zero attached hydrogens (tertiary/aromatic N) is 2. The van der Waals surface area contributed by atoms with Gasteiger partial charge in [0.2, 0.25) is 10.0 Å². The molecule has 0 aliphatic heterocycles. The van der Waals surface area contributed by atoms with Gasteiger partial charge in [0.05, 0.1) is 6.20 Å². The summed E-state index contributed by atoms with van der Waals surface area (Å²) in [5.74, 6) is 0.